The highest BCUT2D eigenvalue weighted by Gasteiger charge is 2.15. The summed E-state index contributed by atoms with van der Waals surface area (Å²) in [5, 5.41) is 4.74. The highest BCUT2D eigenvalue weighted by Crippen LogP contribution is 2.26. The van der Waals surface area contributed by atoms with Crippen LogP contribution in [0, 0.1) is 5.82 Å². The summed E-state index contributed by atoms with van der Waals surface area (Å²) in [4.78, 5) is 37.5. The van der Waals surface area contributed by atoms with Crippen molar-refractivity contribution in [3.8, 4) is 11.5 Å². The van der Waals surface area contributed by atoms with Crippen LogP contribution in [0.2, 0.25) is 10.0 Å². The molecule has 0 saturated carbocycles. The van der Waals surface area contributed by atoms with Gasteiger partial charge in [-0.2, -0.15) is 5.10 Å². The van der Waals surface area contributed by atoms with E-state index in [1.165, 1.54) is 79.0 Å². The van der Waals surface area contributed by atoms with Gasteiger partial charge in [0.1, 0.15) is 17.3 Å². The Kier molecular flexibility index (Phi) is 8.47. The monoisotopic (exact) mass is 550 g/mol. The standard InChI is InChI=1S/C28H17Cl2FN2O5/c29-20-10-5-17(6-11-20)27(35)37-22-14-9-19(16-32-33-26(34)23-3-1-2-4-24(23)31)25(15-22)38-28(36)18-7-12-21(30)13-8-18/h1-16H,(H,33,34). The minimum atomic E-state index is -0.771. The van der Waals surface area contributed by atoms with Crippen molar-refractivity contribution in [2.24, 2.45) is 5.10 Å². The largest absolute Gasteiger partial charge is 0.423 e. The first-order chi connectivity index (χ1) is 18.3. The number of carbonyl (C=O) groups excluding carboxylic acids is 3. The van der Waals surface area contributed by atoms with E-state index in [0.29, 0.717) is 10.0 Å². The summed E-state index contributed by atoms with van der Waals surface area (Å²) in [6.45, 7) is 0. The molecule has 0 bridgehead atoms. The second-order valence-corrected chi connectivity index (χ2v) is 8.54. The van der Waals surface area contributed by atoms with E-state index in [2.05, 4.69) is 10.5 Å². The number of amides is 1. The molecule has 4 aromatic carbocycles. The Morgan fingerprint density at radius 3 is 1.95 bits per heavy atom. The molecule has 1 amide bonds. The molecule has 0 aliphatic rings. The number of benzene rings is 4. The maximum atomic E-state index is 13.8. The second kappa shape index (κ2) is 12.1. The Bertz CT molecular complexity index is 1520. The predicted molar refractivity (Wildman–Crippen MR) is 141 cm³/mol. The lowest BCUT2D eigenvalue weighted by molar-refractivity contribution is 0.0732. The van der Waals surface area contributed by atoms with Crippen LogP contribution >= 0.6 is 23.2 Å². The number of hydrogen-bond donors (Lipinski definition) is 1. The third kappa shape index (κ3) is 6.82. The van der Waals surface area contributed by atoms with Crippen LogP contribution in [0.25, 0.3) is 0 Å². The molecule has 0 aromatic heterocycles. The van der Waals surface area contributed by atoms with Gasteiger partial charge in [0.05, 0.1) is 22.9 Å². The first-order valence-electron chi connectivity index (χ1n) is 11.0. The van der Waals surface area contributed by atoms with Crippen molar-refractivity contribution in [2.75, 3.05) is 0 Å². The maximum Gasteiger partial charge on any atom is 0.343 e. The summed E-state index contributed by atoms with van der Waals surface area (Å²) in [7, 11) is 0. The summed E-state index contributed by atoms with van der Waals surface area (Å²) in [6.07, 6.45) is 1.20. The van der Waals surface area contributed by atoms with Gasteiger partial charge < -0.3 is 9.47 Å². The molecule has 10 heteroatoms. The minimum Gasteiger partial charge on any atom is -0.423 e. The van der Waals surface area contributed by atoms with Crippen LogP contribution in [0.3, 0.4) is 0 Å². The molecule has 4 rings (SSSR count). The molecular weight excluding hydrogens is 534 g/mol. The van der Waals surface area contributed by atoms with Crippen molar-refractivity contribution < 1.29 is 28.2 Å². The summed E-state index contributed by atoms with van der Waals surface area (Å²) in [5.74, 6) is -2.79. The smallest absolute Gasteiger partial charge is 0.343 e. The lowest BCUT2D eigenvalue weighted by Crippen LogP contribution is -2.19. The maximum absolute atomic E-state index is 13.8. The Balaban J connectivity index is 1.57. The molecule has 0 atom stereocenters. The fraction of sp³-hybridized carbons (Fsp3) is 0. The zero-order valence-corrected chi connectivity index (χ0v) is 20.9. The van der Waals surface area contributed by atoms with Gasteiger partial charge in [0.15, 0.2) is 0 Å². The van der Waals surface area contributed by atoms with E-state index in [9.17, 15) is 18.8 Å². The van der Waals surface area contributed by atoms with Crippen molar-refractivity contribution in [3.05, 3.63) is 129 Å². The average molecular weight is 551 g/mol. The van der Waals surface area contributed by atoms with Crippen LogP contribution in [0.1, 0.15) is 36.6 Å². The van der Waals surface area contributed by atoms with Gasteiger partial charge in [-0.05, 0) is 72.8 Å². The first kappa shape index (κ1) is 26.5. The van der Waals surface area contributed by atoms with Crippen molar-refractivity contribution in [3.63, 3.8) is 0 Å². The SMILES string of the molecule is O=C(Oc1ccc(C=NNC(=O)c2ccccc2F)c(OC(=O)c2ccc(Cl)cc2)c1)c1ccc(Cl)cc1. The van der Waals surface area contributed by atoms with Crippen molar-refractivity contribution >= 4 is 47.3 Å². The molecule has 0 saturated heterocycles. The number of hydrogen-bond acceptors (Lipinski definition) is 6. The molecule has 0 aliphatic carbocycles. The van der Waals surface area contributed by atoms with Crippen molar-refractivity contribution in [2.45, 2.75) is 0 Å². The molecule has 0 radical (unpaired) electrons. The summed E-state index contributed by atoms with van der Waals surface area (Å²) >= 11 is 11.7. The van der Waals surface area contributed by atoms with Crippen LogP contribution < -0.4 is 14.9 Å². The van der Waals surface area contributed by atoms with Crippen LogP contribution in [-0.2, 0) is 0 Å². The van der Waals surface area contributed by atoms with E-state index >= 15 is 0 Å². The van der Waals surface area contributed by atoms with E-state index < -0.39 is 23.7 Å². The quantitative estimate of drug-likeness (QED) is 0.125. The van der Waals surface area contributed by atoms with Gasteiger partial charge in [0.2, 0.25) is 0 Å². The Morgan fingerprint density at radius 1 is 0.763 bits per heavy atom. The molecule has 38 heavy (non-hydrogen) atoms. The van der Waals surface area contributed by atoms with Gasteiger partial charge in [-0.15, -0.1) is 0 Å². The van der Waals surface area contributed by atoms with Gasteiger partial charge in [0.25, 0.3) is 5.91 Å². The molecule has 0 heterocycles. The number of esters is 2. The summed E-state index contributed by atoms with van der Waals surface area (Å²) in [6, 6.07) is 21.8. The lowest BCUT2D eigenvalue weighted by atomic mass is 10.2. The molecule has 0 spiro atoms. The number of nitrogens with zero attached hydrogens (tertiary/aromatic N) is 1. The van der Waals surface area contributed by atoms with Crippen LogP contribution in [0.15, 0.2) is 96.1 Å². The van der Waals surface area contributed by atoms with Crippen molar-refractivity contribution in [1.82, 2.24) is 5.43 Å². The van der Waals surface area contributed by atoms with E-state index in [-0.39, 0.29) is 33.8 Å². The zero-order valence-electron chi connectivity index (χ0n) is 19.4. The van der Waals surface area contributed by atoms with Crippen LogP contribution in [-0.4, -0.2) is 24.1 Å². The summed E-state index contributed by atoms with van der Waals surface area (Å²) in [5.41, 5.74) is 2.76. The first-order valence-corrected chi connectivity index (χ1v) is 11.7. The molecule has 1 N–H and O–H groups in total. The number of halogens is 3. The number of hydrazone groups is 1. The molecule has 4 aromatic rings. The molecule has 0 aliphatic heterocycles. The van der Waals surface area contributed by atoms with Gasteiger partial charge in [-0.3, -0.25) is 4.79 Å². The summed E-state index contributed by atoms with van der Waals surface area (Å²) < 4.78 is 24.8. The average Bonchev–Trinajstić information content (AvgIpc) is 2.90. The lowest BCUT2D eigenvalue weighted by Gasteiger charge is -2.11. The molecule has 7 nitrogen and oxygen atoms in total. The fourth-order valence-corrected chi connectivity index (χ4v) is 3.39. The van der Waals surface area contributed by atoms with Crippen LogP contribution in [0.4, 0.5) is 4.39 Å². The number of carbonyl (C=O) groups is 3. The number of nitrogens with one attached hydrogen (secondary N) is 1. The molecular formula is C28H17Cl2FN2O5. The Hall–Kier alpha value is -4.53. The van der Waals surface area contributed by atoms with Crippen LogP contribution in [0.5, 0.6) is 11.5 Å². The van der Waals surface area contributed by atoms with Gasteiger partial charge >= 0.3 is 11.9 Å². The molecule has 0 unspecified atom stereocenters. The third-order valence-electron chi connectivity index (χ3n) is 5.05. The number of rotatable bonds is 7. The topological polar surface area (TPSA) is 94.1 Å². The van der Waals surface area contributed by atoms with E-state index in [1.54, 1.807) is 12.1 Å². The van der Waals surface area contributed by atoms with E-state index in [0.717, 1.165) is 6.07 Å². The van der Waals surface area contributed by atoms with Gasteiger partial charge in [-0.25, -0.2) is 19.4 Å². The Morgan fingerprint density at radius 2 is 1.34 bits per heavy atom. The Labute approximate surface area is 226 Å². The third-order valence-corrected chi connectivity index (χ3v) is 5.55. The predicted octanol–water partition coefficient (Wildman–Crippen LogP) is 6.33. The molecule has 0 fully saturated rings. The minimum absolute atomic E-state index is 0.0183. The highest BCUT2D eigenvalue weighted by atomic mass is 35.5. The zero-order chi connectivity index (χ0) is 27.1. The molecule has 190 valence electrons. The van der Waals surface area contributed by atoms with Crippen molar-refractivity contribution in [1.29, 1.82) is 0 Å². The highest BCUT2D eigenvalue weighted by molar-refractivity contribution is 6.31. The normalized spacial score (nSPS) is 10.7. The number of ether oxygens (including phenoxy) is 2. The second-order valence-electron chi connectivity index (χ2n) is 7.67. The van der Waals surface area contributed by atoms with Gasteiger partial charge in [-0.1, -0.05) is 35.3 Å². The van der Waals surface area contributed by atoms with E-state index in [4.69, 9.17) is 32.7 Å². The van der Waals surface area contributed by atoms with E-state index in [1.807, 2.05) is 0 Å². The van der Waals surface area contributed by atoms with Gasteiger partial charge in [0, 0.05) is 21.7 Å². The fourth-order valence-electron chi connectivity index (χ4n) is 3.14.